The van der Waals surface area contributed by atoms with E-state index in [1.807, 2.05) is 0 Å². The fourth-order valence-electron chi connectivity index (χ4n) is 1.16. The third-order valence-corrected chi connectivity index (χ3v) is 2.28. The number of nitrogens with zero attached hydrogens (tertiary/aromatic N) is 3. The van der Waals surface area contributed by atoms with Crippen LogP contribution < -0.4 is 4.74 Å². The molecule has 0 radical (unpaired) electrons. The normalized spacial score (nSPS) is 9.94. The minimum atomic E-state index is -0.548. The highest BCUT2D eigenvalue weighted by atomic mass is 79.9. The molecule has 0 aliphatic rings. The van der Waals surface area contributed by atoms with E-state index in [0.717, 1.165) is 0 Å². The van der Waals surface area contributed by atoms with Crippen LogP contribution in [0.15, 0.2) is 41.3 Å². The molecule has 86 valence electrons. The molecule has 2 aromatic rings. The monoisotopic (exact) mass is 295 g/mol. The molecule has 0 amide bonds. The van der Waals surface area contributed by atoms with Gasteiger partial charge in [-0.2, -0.15) is 0 Å². The molecule has 0 unspecified atom stereocenters. The van der Waals surface area contributed by atoms with Crippen LogP contribution in [0, 0.1) is 10.1 Å². The smallest absolute Gasteiger partial charge is 0.331 e. The van der Waals surface area contributed by atoms with Crippen LogP contribution in [-0.4, -0.2) is 14.9 Å². The average Bonchev–Trinajstić information content (AvgIpc) is 2.29. The summed E-state index contributed by atoms with van der Waals surface area (Å²) in [6, 6.07) is 4.45. The fraction of sp³-hybridized carbons (Fsp3) is 0. The highest BCUT2D eigenvalue weighted by Gasteiger charge is 2.16. The molecule has 6 nitrogen and oxygen atoms in total. The van der Waals surface area contributed by atoms with Gasteiger partial charge in [-0.15, -0.1) is 0 Å². The summed E-state index contributed by atoms with van der Waals surface area (Å²) >= 11 is 3.23. The second-order valence-corrected chi connectivity index (χ2v) is 3.94. The van der Waals surface area contributed by atoms with Gasteiger partial charge in [0.1, 0.15) is 5.75 Å². The van der Waals surface area contributed by atoms with Gasteiger partial charge in [-0.25, -0.2) is 4.98 Å². The zero-order valence-electron chi connectivity index (χ0n) is 8.41. The van der Waals surface area contributed by atoms with Crippen molar-refractivity contribution in [2.45, 2.75) is 0 Å². The second kappa shape index (κ2) is 4.88. The van der Waals surface area contributed by atoms with Crippen molar-refractivity contribution in [3.8, 4) is 11.6 Å². The molecule has 2 aromatic heterocycles. The van der Waals surface area contributed by atoms with E-state index in [1.54, 1.807) is 12.3 Å². The van der Waals surface area contributed by atoms with Gasteiger partial charge in [0.2, 0.25) is 0 Å². The summed E-state index contributed by atoms with van der Waals surface area (Å²) in [5.41, 5.74) is -0.188. The van der Waals surface area contributed by atoms with Gasteiger partial charge in [-0.3, -0.25) is 15.1 Å². The topological polar surface area (TPSA) is 78.2 Å². The molecule has 0 bridgehead atoms. The number of pyridine rings is 2. The number of ether oxygens (including phenoxy) is 1. The molecule has 2 heterocycles. The van der Waals surface area contributed by atoms with E-state index < -0.39 is 4.92 Å². The number of hydrogen-bond donors (Lipinski definition) is 0. The van der Waals surface area contributed by atoms with Crippen LogP contribution >= 0.6 is 15.9 Å². The van der Waals surface area contributed by atoms with E-state index in [9.17, 15) is 10.1 Å². The Labute approximate surface area is 105 Å². The Hall–Kier alpha value is -2.02. The molecule has 0 aliphatic heterocycles. The van der Waals surface area contributed by atoms with E-state index in [-0.39, 0.29) is 11.6 Å². The lowest BCUT2D eigenvalue weighted by molar-refractivity contribution is -0.386. The van der Waals surface area contributed by atoms with Crippen LogP contribution in [-0.2, 0) is 0 Å². The third-order valence-electron chi connectivity index (χ3n) is 1.84. The molecular weight excluding hydrogens is 290 g/mol. The lowest BCUT2D eigenvalue weighted by atomic mass is 10.4. The van der Waals surface area contributed by atoms with Gasteiger partial charge in [-0.05, 0) is 28.1 Å². The summed E-state index contributed by atoms with van der Waals surface area (Å²) in [4.78, 5) is 17.9. The zero-order chi connectivity index (χ0) is 12.3. The van der Waals surface area contributed by atoms with Gasteiger partial charge < -0.3 is 4.74 Å². The summed E-state index contributed by atoms with van der Waals surface area (Å²) in [5.74, 6) is 0.318. The van der Waals surface area contributed by atoms with Gasteiger partial charge in [0.05, 0.1) is 11.1 Å². The quantitative estimate of drug-likeness (QED) is 0.642. The van der Waals surface area contributed by atoms with Crippen molar-refractivity contribution >= 4 is 21.6 Å². The SMILES string of the molecule is O=[N+]([O-])c1cccnc1Oc1cncc(Br)c1. The molecular formula is C10H6BrN3O3. The van der Waals surface area contributed by atoms with Crippen molar-refractivity contribution in [1.29, 1.82) is 0 Å². The maximum atomic E-state index is 10.7. The predicted molar refractivity (Wildman–Crippen MR) is 62.9 cm³/mol. The van der Waals surface area contributed by atoms with Crippen molar-refractivity contribution in [2.24, 2.45) is 0 Å². The molecule has 0 aliphatic carbocycles. The summed E-state index contributed by atoms with van der Waals surface area (Å²) in [6.45, 7) is 0. The molecule has 0 N–H and O–H groups in total. The zero-order valence-corrected chi connectivity index (χ0v) is 9.99. The first-order valence-corrected chi connectivity index (χ1v) is 5.34. The molecule has 2 rings (SSSR count). The van der Waals surface area contributed by atoms with Crippen LogP contribution in [0.25, 0.3) is 0 Å². The lowest BCUT2D eigenvalue weighted by Crippen LogP contribution is -1.95. The van der Waals surface area contributed by atoms with Crippen molar-refractivity contribution in [3.05, 3.63) is 51.4 Å². The number of nitro groups is 1. The van der Waals surface area contributed by atoms with Gasteiger partial charge >= 0.3 is 5.69 Å². The standard InChI is InChI=1S/C10H6BrN3O3/c11-7-4-8(6-12-5-7)17-10-9(14(15)16)2-1-3-13-10/h1-6H. The van der Waals surface area contributed by atoms with E-state index in [2.05, 4.69) is 25.9 Å². The molecule has 0 aromatic carbocycles. The van der Waals surface area contributed by atoms with Crippen LogP contribution in [0.1, 0.15) is 0 Å². The second-order valence-electron chi connectivity index (χ2n) is 3.03. The minimum Gasteiger partial charge on any atom is -0.432 e. The Balaban J connectivity index is 2.33. The average molecular weight is 296 g/mol. The molecule has 0 saturated heterocycles. The van der Waals surface area contributed by atoms with Crippen molar-refractivity contribution in [1.82, 2.24) is 9.97 Å². The Morgan fingerprint density at radius 1 is 1.41 bits per heavy atom. The maximum Gasteiger partial charge on any atom is 0.331 e. The van der Waals surface area contributed by atoms with E-state index in [0.29, 0.717) is 10.2 Å². The van der Waals surface area contributed by atoms with Crippen molar-refractivity contribution in [3.63, 3.8) is 0 Å². The molecule has 0 fully saturated rings. The number of halogens is 1. The highest BCUT2D eigenvalue weighted by Crippen LogP contribution is 2.28. The van der Waals surface area contributed by atoms with E-state index in [4.69, 9.17) is 4.74 Å². The lowest BCUT2D eigenvalue weighted by Gasteiger charge is -2.04. The van der Waals surface area contributed by atoms with Crippen LogP contribution in [0.3, 0.4) is 0 Å². The summed E-state index contributed by atoms with van der Waals surface area (Å²) in [7, 11) is 0. The summed E-state index contributed by atoms with van der Waals surface area (Å²) < 4.78 is 6.02. The molecule has 0 spiro atoms. The number of hydrogen-bond acceptors (Lipinski definition) is 5. The van der Waals surface area contributed by atoms with E-state index in [1.165, 1.54) is 24.5 Å². The maximum absolute atomic E-state index is 10.7. The highest BCUT2D eigenvalue weighted by molar-refractivity contribution is 9.10. The first kappa shape index (κ1) is 11.5. The summed E-state index contributed by atoms with van der Waals surface area (Å²) in [5, 5.41) is 10.7. The third kappa shape index (κ3) is 2.76. The molecule has 0 saturated carbocycles. The Morgan fingerprint density at radius 2 is 2.24 bits per heavy atom. The Kier molecular flexibility index (Phi) is 3.29. The Bertz CT molecular complexity index is 562. The molecule has 17 heavy (non-hydrogen) atoms. The van der Waals surface area contributed by atoms with Gasteiger partial charge in [-0.1, -0.05) is 0 Å². The first-order chi connectivity index (χ1) is 8.16. The minimum absolute atomic E-state index is 0.0580. The predicted octanol–water partition coefficient (Wildman–Crippen LogP) is 2.94. The molecule has 0 atom stereocenters. The molecule has 7 heteroatoms. The first-order valence-electron chi connectivity index (χ1n) is 4.54. The van der Waals surface area contributed by atoms with E-state index >= 15 is 0 Å². The number of rotatable bonds is 3. The van der Waals surface area contributed by atoms with Gasteiger partial charge in [0.15, 0.2) is 0 Å². The Morgan fingerprint density at radius 3 is 2.94 bits per heavy atom. The van der Waals surface area contributed by atoms with Crippen molar-refractivity contribution in [2.75, 3.05) is 0 Å². The van der Waals surface area contributed by atoms with Crippen molar-refractivity contribution < 1.29 is 9.66 Å². The van der Waals surface area contributed by atoms with Crippen LogP contribution in [0.4, 0.5) is 5.69 Å². The van der Waals surface area contributed by atoms with Crippen LogP contribution in [0.2, 0.25) is 0 Å². The fourth-order valence-corrected chi connectivity index (χ4v) is 1.50. The van der Waals surface area contributed by atoms with Crippen LogP contribution in [0.5, 0.6) is 11.6 Å². The van der Waals surface area contributed by atoms with Gasteiger partial charge in [0, 0.05) is 22.9 Å². The largest absolute Gasteiger partial charge is 0.432 e. The summed E-state index contributed by atoms with van der Waals surface area (Å²) in [6.07, 6.45) is 4.45. The number of aromatic nitrogens is 2. The van der Waals surface area contributed by atoms with Gasteiger partial charge in [0.25, 0.3) is 5.88 Å².